The molecule has 0 bridgehead atoms. The molecule has 4 rings (SSSR count). The van der Waals surface area contributed by atoms with E-state index in [1.807, 2.05) is 12.1 Å². The van der Waals surface area contributed by atoms with Gasteiger partial charge in [0.1, 0.15) is 34.8 Å². The van der Waals surface area contributed by atoms with Gasteiger partial charge in [-0.15, -0.1) is 0 Å². The number of ether oxygens (including phenoxy) is 2. The molecule has 1 aliphatic heterocycles. The van der Waals surface area contributed by atoms with Crippen LogP contribution in [0.5, 0.6) is 11.5 Å². The van der Waals surface area contributed by atoms with Gasteiger partial charge in [-0.25, -0.2) is 0 Å². The van der Waals surface area contributed by atoms with Crippen molar-refractivity contribution in [3.63, 3.8) is 0 Å². The van der Waals surface area contributed by atoms with Crippen molar-refractivity contribution in [1.29, 1.82) is 0 Å². The Morgan fingerprint density at radius 1 is 1.06 bits per heavy atom. The lowest BCUT2D eigenvalue weighted by atomic mass is 9.99. The highest BCUT2D eigenvalue weighted by molar-refractivity contribution is 6.46. The number of furan rings is 1. The molecule has 0 radical (unpaired) electrons. The average molecular weight is 468 g/mol. The van der Waals surface area contributed by atoms with Crippen LogP contribution in [0.1, 0.15) is 28.7 Å². The summed E-state index contributed by atoms with van der Waals surface area (Å²) in [5, 5.41) is 11.4. The molecule has 1 atom stereocenters. The van der Waals surface area contributed by atoms with E-state index in [1.54, 1.807) is 50.4 Å². The summed E-state index contributed by atoms with van der Waals surface area (Å²) in [5.41, 5.74) is 1.01. The fourth-order valence-electron chi connectivity index (χ4n) is 3.84. The fraction of sp³-hybridized carbons (Fsp3) is 0.200. The minimum absolute atomic E-state index is 0.0657. The number of benzene rings is 2. The third-order valence-electron chi connectivity index (χ3n) is 5.51. The standard InChI is InChI=1S/C25H22ClNO6/c1-14-4-10-20(33-14)22-21(23(28)16-7-11-19(32-3)18(26)12-16)24(29)25(30)27(22)13-15-5-8-17(31-2)9-6-15/h4-12,22,28H,13H2,1-3H3/b23-21-. The molecule has 8 heteroatoms. The lowest BCUT2D eigenvalue weighted by Crippen LogP contribution is -2.29. The summed E-state index contributed by atoms with van der Waals surface area (Å²) >= 11 is 6.21. The van der Waals surface area contributed by atoms with E-state index in [-0.39, 0.29) is 28.5 Å². The first-order chi connectivity index (χ1) is 15.8. The van der Waals surface area contributed by atoms with Crippen LogP contribution >= 0.6 is 11.6 Å². The number of halogens is 1. The number of carbonyl (C=O) groups excluding carboxylic acids is 2. The van der Waals surface area contributed by atoms with E-state index in [0.29, 0.717) is 23.0 Å². The molecule has 3 aromatic rings. The number of aryl methyl sites for hydroxylation is 1. The Balaban J connectivity index is 1.81. The van der Waals surface area contributed by atoms with Crippen molar-refractivity contribution in [1.82, 2.24) is 4.90 Å². The molecule has 33 heavy (non-hydrogen) atoms. The number of carbonyl (C=O) groups is 2. The first-order valence-corrected chi connectivity index (χ1v) is 10.5. The van der Waals surface area contributed by atoms with Crippen molar-refractivity contribution in [2.45, 2.75) is 19.5 Å². The zero-order valence-electron chi connectivity index (χ0n) is 18.3. The van der Waals surface area contributed by atoms with E-state index in [2.05, 4.69) is 0 Å². The number of Topliss-reactive ketones (excluding diaryl/α,β-unsaturated/α-hetero) is 1. The van der Waals surface area contributed by atoms with Crippen LogP contribution in [-0.4, -0.2) is 35.9 Å². The molecular weight excluding hydrogens is 446 g/mol. The molecule has 1 aliphatic rings. The van der Waals surface area contributed by atoms with Crippen molar-refractivity contribution in [3.05, 3.63) is 87.8 Å². The normalized spacial score (nSPS) is 17.5. The van der Waals surface area contributed by atoms with E-state index in [4.69, 9.17) is 25.5 Å². The summed E-state index contributed by atoms with van der Waals surface area (Å²) in [4.78, 5) is 27.5. The number of aliphatic hydroxyl groups excluding tert-OH is 1. The molecule has 0 aliphatic carbocycles. The Morgan fingerprint density at radius 3 is 2.36 bits per heavy atom. The zero-order chi connectivity index (χ0) is 23.7. The molecule has 2 heterocycles. The first kappa shape index (κ1) is 22.5. The number of methoxy groups -OCH3 is 2. The first-order valence-electron chi connectivity index (χ1n) is 10.2. The van der Waals surface area contributed by atoms with Gasteiger partial charge in [0.15, 0.2) is 0 Å². The van der Waals surface area contributed by atoms with E-state index in [9.17, 15) is 14.7 Å². The van der Waals surface area contributed by atoms with Crippen LogP contribution in [0.25, 0.3) is 5.76 Å². The van der Waals surface area contributed by atoms with Gasteiger partial charge in [0, 0.05) is 12.1 Å². The van der Waals surface area contributed by atoms with Gasteiger partial charge in [-0.2, -0.15) is 0 Å². The number of aliphatic hydroxyl groups is 1. The van der Waals surface area contributed by atoms with Gasteiger partial charge in [-0.3, -0.25) is 9.59 Å². The van der Waals surface area contributed by atoms with Crippen LogP contribution in [0.4, 0.5) is 0 Å². The van der Waals surface area contributed by atoms with Gasteiger partial charge >= 0.3 is 0 Å². The summed E-state index contributed by atoms with van der Waals surface area (Å²) in [6.07, 6.45) is 0. The van der Waals surface area contributed by atoms with Crippen molar-refractivity contribution in [3.8, 4) is 11.5 Å². The molecule has 1 fully saturated rings. The molecule has 0 spiro atoms. The molecule has 170 valence electrons. The lowest BCUT2D eigenvalue weighted by Gasteiger charge is -2.23. The Morgan fingerprint density at radius 2 is 1.79 bits per heavy atom. The third-order valence-corrected chi connectivity index (χ3v) is 5.80. The van der Waals surface area contributed by atoms with Gasteiger partial charge in [-0.1, -0.05) is 23.7 Å². The van der Waals surface area contributed by atoms with Gasteiger partial charge in [0.2, 0.25) is 0 Å². The minimum Gasteiger partial charge on any atom is -0.507 e. The van der Waals surface area contributed by atoms with E-state index in [1.165, 1.54) is 18.1 Å². The Labute approximate surface area is 195 Å². The maximum atomic E-state index is 13.1. The molecule has 1 unspecified atom stereocenters. The van der Waals surface area contributed by atoms with Crippen LogP contribution in [0.15, 0.2) is 64.6 Å². The molecule has 7 nitrogen and oxygen atoms in total. The smallest absolute Gasteiger partial charge is 0.296 e. The highest BCUT2D eigenvalue weighted by Crippen LogP contribution is 2.41. The highest BCUT2D eigenvalue weighted by atomic mass is 35.5. The van der Waals surface area contributed by atoms with Gasteiger partial charge in [-0.05, 0) is 55.0 Å². The fourth-order valence-corrected chi connectivity index (χ4v) is 4.09. The Kier molecular flexibility index (Phi) is 6.16. The quantitative estimate of drug-likeness (QED) is 0.316. The summed E-state index contributed by atoms with van der Waals surface area (Å²) < 4.78 is 16.1. The molecule has 1 N–H and O–H groups in total. The van der Waals surface area contributed by atoms with Crippen LogP contribution in [0.3, 0.4) is 0 Å². The number of amides is 1. The number of nitrogens with zero attached hydrogens (tertiary/aromatic N) is 1. The van der Waals surface area contributed by atoms with Crippen molar-refractivity contribution in [2.24, 2.45) is 0 Å². The Hall–Kier alpha value is -3.71. The van der Waals surface area contributed by atoms with Crippen LogP contribution < -0.4 is 9.47 Å². The van der Waals surface area contributed by atoms with E-state index >= 15 is 0 Å². The van der Waals surface area contributed by atoms with E-state index in [0.717, 1.165) is 5.56 Å². The van der Waals surface area contributed by atoms with Gasteiger partial charge in [0.05, 0.1) is 24.8 Å². The topological polar surface area (TPSA) is 89.2 Å². The molecule has 1 saturated heterocycles. The number of hydrogen-bond acceptors (Lipinski definition) is 6. The molecular formula is C25H22ClNO6. The second kappa shape index (κ2) is 9.03. The molecule has 0 saturated carbocycles. The van der Waals surface area contributed by atoms with Crippen molar-refractivity contribution in [2.75, 3.05) is 14.2 Å². The Bertz CT molecular complexity index is 1240. The third kappa shape index (κ3) is 4.19. The lowest BCUT2D eigenvalue weighted by molar-refractivity contribution is -0.140. The predicted octanol–water partition coefficient (Wildman–Crippen LogP) is 4.88. The maximum Gasteiger partial charge on any atom is 0.296 e. The number of rotatable bonds is 6. The molecule has 2 aromatic carbocycles. The average Bonchev–Trinajstić information content (AvgIpc) is 3.35. The second-order valence-electron chi connectivity index (χ2n) is 7.57. The highest BCUT2D eigenvalue weighted by Gasteiger charge is 2.47. The SMILES string of the molecule is COc1ccc(CN2C(=O)C(=O)/C(=C(\O)c3ccc(OC)c(Cl)c3)C2c2ccc(C)o2)cc1. The van der Waals surface area contributed by atoms with Crippen LogP contribution in [0.2, 0.25) is 5.02 Å². The number of ketones is 1. The summed E-state index contributed by atoms with van der Waals surface area (Å²) in [5.74, 6) is 0.225. The monoisotopic (exact) mass is 467 g/mol. The molecule has 1 amide bonds. The second-order valence-corrected chi connectivity index (χ2v) is 7.98. The number of hydrogen-bond donors (Lipinski definition) is 1. The number of likely N-dealkylation sites (tertiary alicyclic amines) is 1. The predicted molar refractivity (Wildman–Crippen MR) is 122 cm³/mol. The van der Waals surface area contributed by atoms with Gasteiger partial charge in [0.25, 0.3) is 11.7 Å². The minimum atomic E-state index is -0.901. The van der Waals surface area contributed by atoms with Crippen LogP contribution in [0, 0.1) is 6.92 Å². The van der Waals surface area contributed by atoms with Gasteiger partial charge < -0.3 is 23.9 Å². The van der Waals surface area contributed by atoms with E-state index < -0.39 is 17.7 Å². The van der Waals surface area contributed by atoms with Crippen molar-refractivity contribution >= 4 is 29.1 Å². The maximum absolute atomic E-state index is 13.1. The van der Waals surface area contributed by atoms with Crippen molar-refractivity contribution < 1.29 is 28.6 Å². The van der Waals surface area contributed by atoms with Crippen LogP contribution in [-0.2, 0) is 16.1 Å². The summed E-state index contributed by atoms with van der Waals surface area (Å²) in [6, 6.07) is 14.3. The largest absolute Gasteiger partial charge is 0.507 e. The molecule has 1 aromatic heterocycles. The summed E-state index contributed by atoms with van der Waals surface area (Å²) in [6.45, 7) is 1.90. The summed E-state index contributed by atoms with van der Waals surface area (Å²) in [7, 11) is 3.04. The zero-order valence-corrected chi connectivity index (χ0v) is 19.1.